The van der Waals surface area contributed by atoms with Crippen molar-refractivity contribution in [3.63, 3.8) is 0 Å². The van der Waals surface area contributed by atoms with E-state index in [1.165, 1.54) is 0 Å². The number of pyridine rings is 1. The zero-order valence-electron chi connectivity index (χ0n) is 15.7. The topological polar surface area (TPSA) is 55.6 Å². The maximum atomic E-state index is 13.1. The lowest BCUT2D eigenvalue weighted by atomic mass is 9.97. The highest BCUT2D eigenvalue weighted by Crippen LogP contribution is 2.28. The van der Waals surface area contributed by atoms with E-state index in [4.69, 9.17) is 4.74 Å². The van der Waals surface area contributed by atoms with Crippen LogP contribution >= 0.6 is 0 Å². The number of hydrogen-bond acceptors (Lipinski definition) is 3. The Balaban J connectivity index is 2.04. The lowest BCUT2D eigenvalue weighted by molar-refractivity contribution is 0.102. The summed E-state index contributed by atoms with van der Waals surface area (Å²) in [7, 11) is 1.61. The van der Waals surface area contributed by atoms with Gasteiger partial charge in [-0.25, -0.2) is 4.98 Å². The summed E-state index contributed by atoms with van der Waals surface area (Å²) in [5, 5.41) is 3.09. The SMILES string of the molecule is CCc1nc2c(OC)cccn2c1C(=O)Nc1ccccc1C(C)CC. The van der Waals surface area contributed by atoms with Crippen molar-refractivity contribution in [2.24, 2.45) is 0 Å². The number of carbonyl (C=O) groups is 1. The van der Waals surface area contributed by atoms with Crippen LogP contribution in [-0.4, -0.2) is 22.4 Å². The molecule has 1 atom stereocenters. The third kappa shape index (κ3) is 3.17. The van der Waals surface area contributed by atoms with Gasteiger partial charge in [0, 0.05) is 11.9 Å². The predicted molar refractivity (Wildman–Crippen MR) is 104 cm³/mol. The van der Waals surface area contributed by atoms with Crippen LogP contribution in [0.2, 0.25) is 0 Å². The van der Waals surface area contributed by atoms with Gasteiger partial charge in [0.15, 0.2) is 11.4 Å². The average molecular weight is 351 g/mol. The minimum absolute atomic E-state index is 0.154. The van der Waals surface area contributed by atoms with Crippen molar-refractivity contribution in [2.45, 2.75) is 39.5 Å². The Morgan fingerprint density at radius 1 is 1.23 bits per heavy atom. The molecule has 1 amide bonds. The molecule has 0 spiro atoms. The number of aryl methyl sites for hydroxylation is 1. The molecular weight excluding hydrogens is 326 g/mol. The Labute approximate surface area is 154 Å². The van der Waals surface area contributed by atoms with Crippen LogP contribution in [0.5, 0.6) is 5.75 Å². The van der Waals surface area contributed by atoms with Crippen LogP contribution in [0, 0.1) is 0 Å². The molecule has 1 aromatic carbocycles. The van der Waals surface area contributed by atoms with E-state index in [0.717, 1.165) is 23.4 Å². The van der Waals surface area contributed by atoms with Crippen molar-refractivity contribution in [1.82, 2.24) is 9.38 Å². The summed E-state index contributed by atoms with van der Waals surface area (Å²) in [6.45, 7) is 6.31. The van der Waals surface area contributed by atoms with E-state index in [-0.39, 0.29) is 5.91 Å². The van der Waals surface area contributed by atoms with Gasteiger partial charge in [0.05, 0.1) is 12.8 Å². The average Bonchev–Trinajstić information content (AvgIpc) is 3.06. The molecule has 0 fully saturated rings. The number of carbonyl (C=O) groups excluding carboxylic acids is 1. The Bertz CT molecular complexity index is 930. The monoisotopic (exact) mass is 351 g/mol. The van der Waals surface area contributed by atoms with Gasteiger partial charge in [-0.2, -0.15) is 0 Å². The van der Waals surface area contributed by atoms with E-state index in [9.17, 15) is 4.79 Å². The van der Waals surface area contributed by atoms with E-state index < -0.39 is 0 Å². The van der Waals surface area contributed by atoms with Gasteiger partial charge in [-0.3, -0.25) is 9.20 Å². The number of methoxy groups -OCH3 is 1. The van der Waals surface area contributed by atoms with Crippen molar-refractivity contribution in [3.8, 4) is 5.75 Å². The Morgan fingerprint density at radius 3 is 2.69 bits per heavy atom. The minimum Gasteiger partial charge on any atom is -0.493 e. The summed E-state index contributed by atoms with van der Waals surface area (Å²) < 4.78 is 7.19. The zero-order valence-corrected chi connectivity index (χ0v) is 15.7. The first-order valence-electron chi connectivity index (χ1n) is 9.04. The standard InChI is InChI=1S/C21H25N3O2/c1-5-14(3)15-10-7-8-11-17(15)23-21(25)19-16(6-2)22-20-18(26-4)12-9-13-24(19)20/h7-14H,5-6H2,1-4H3,(H,23,25). The maximum Gasteiger partial charge on any atom is 0.274 e. The molecule has 0 aliphatic carbocycles. The molecule has 26 heavy (non-hydrogen) atoms. The highest BCUT2D eigenvalue weighted by molar-refractivity contribution is 6.05. The highest BCUT2D eigenvalue weighted by atomic mass is 16.5. The molecular formula is C21H25N3O2. The maximum absolute atomic E-state index is 13.1. The van der Waals surface area contributed by atoms with Crippen LogP contribution < -0.4 is 10.1 Å². The van der Waals surface area contributed by atoms with Crippen molar-refractivity contribution < 1.29 is 9.53 Å². The molecule has 1 N–H and O–H groups in total. The molecule has 2 heterocycles. The molecule has 0 aliphatic heterocycles. The lowest BCUT2D eigenvalue weighted by Crippen LogP contribution is -2.17. The van der Waals surface area contributed by atoms with Crippen LogP contribution in [0.1, 0.15) is 54.9 Å². The van der Waals surface area contributed by atoms with Crippen molar-refractivity contribution in [2.75, 3.05) is 12.4 Å². The number of aromatic nitrogens is 2. The second-order valence-corrected chi connectivity index (χ2v) is 6.38. The normalized spacial score (nSPS) is 12.2. The first kappa shape index (κ1) is 18.0. The number of hydrogen-bond donors (Lipinski definition) is 1. The molecule has 0 radical (unpaired) electrons. The molecule has 2 aromatic heterocycles. The predicted octanol–water partition coefficient (Wildman–Crippen LogP) is 4.67. The van der Waals surface area contributed by atoms with Crippen LogP contribution in [0.15, 0.2) is 42.6 Å². The number of imidazole rings is 1. The molecule has 136 valence electrons. The summed E-state index contributed by atoms with van der Waals surface area (Å²) in [6, 6.07) is 11.7. The van der Waals surface area contributed by atoms with E-state index in [1.54, 1.807) is 11.5 Å². The fourth-order valence-corrected chi connectivity index (χ4v) is 3.18. The zero-order chi connectivity index (χ0) is 18.7. The summed E-state index contributed by atoms with van der Waals surface area (Å²) in [5.74, 6) is 0.874. The number of amides is 1. The Kier molecular flexibility index (Phi) is 5.26. The number of ether oxygens (including phenoxy) is 1. The Morgan fingerprint density at radius 2 is 2.00 bits per heavy atom. The minimum atomic E-state index is -0.154. The van der Waals surface area contributed by atoms with Crippen molar-refractivity contribution in [1.29, 1.82) is 0 Å². The number of nitrogens with zero attached hydrogens (tertiary/aromatic N) is 2. The fraction of sp³-hybridized carbons (Fsp3) is 0.333. The molecule has 3 aromatic rings. The third-order valence-corrected chi connectivity index (χ3v) is 4.81. The molecule has 5 heteroatoms. The lowest BCUT2D eigenvalue weighted by Gasteiger charge is -2.16. The van der Waals surface area contributed by atoms with Gasteiger partial charge >= 0.3 is 0 Å². The van der Waals surface area contributed by atoms with Gasteiger partial charge in [0.1, 0.15) is 5.69 Å². The smallest absolute Gasteiger partial charge is 0.274 e. The number of nitrogens with one attached hydrogen (secondary N) is 1. The van der Waals surface area contributed by atoms with Gasteiger partial charge < -0.3 is 10.1 Å². The molecule has 0 bridgehead atoms. The first-order chi connectivity index (χ1) is 12.6. The van der Waals surface area contributed by atoms with Gasteiger partial charge in [-0.1, -0.05) is 39.0 Å². The third-order valence-electron chi connectivity index (χ3n) is 4.81. The van der Waals surface area contributed by atoms with Crippen LogP contribution in [0.4, 0.5) is 5.69 Å². The molecule has 1 unspecified atom stereocenters. The summed E-state index contributed by atoms with van der Waals surface area (Å²) in [5.41, 5.74) is 3.97. The molecule has 0 saturated heterocycles. The number of para-hydroxylation sites is 1. The van der Waals surface area contributed by atoms with Crippen LogP contribution in [0.3, 0.4) is 0 Å². The highest BCUT2D eigenvalue weighted by Gasteiger charge is 2.21. The summed E-state index contributed by atoms with van der Waals surface area (Å²) >= 11 is 0. The van der Waals surface area contributed by atoms with E-state index >= 15 is 0 Å². The first-order valence-corrected chi connectivity index (χ1v) is 9.04. The second-order valence-electron chi connectivity index (χ2n) is 6.38. The summed E-state index contributed by atoms with van der Waals surface area (Å²) in [6.07, 6.45) is 3.53. The number of anilines is 1. The van der Waals surface area contributed by atoms with Gasteiger partial charge in [-0.05, 0) is 42.5 Å². The fourth-order valence-electron chi connectivity index (χ4n) is 3.18. The van der Waals surface area contributed by atoms with Crippen molar-refractivity contribution in [3.05, 3.63) is 59.5 Å². The van der Waals surface area contributed by atoms with Gasteiger partial charge in [0.25, 0.3) is 5.91 Å². The summed E-state index contributed by atoms with van der Waals surface area (Å²) in [4.78, 5) is 17.7. The second kappa shape index (κ2) is 7.60. The molecule has 3 rings (SSSR count). The van der Waals surface area contributed by atoms with E-state index in [1.807, 2.05) is 43.5 Å². The van der Waals surface area contributed by atoms with Crippen molar-refractivity contribution >= 4 is 17.2 Å². The van der Waals surface area contributed by atoms with Gasteiger partial charge in [-0.15, -0.1) is 0 Å². The Hall–Kier alpha value is -2.82. The molecule has 0 saturated carbocycles. The number of benzene rings is 1. The molecule has 5 nitrogen and oxygen atoms in total. The molecule has 0 aliphatic rings. The van der Waals surface area contributed by atoms with Crippen LogP contribution in [0.25, 0.3) is 5.65 Å². The largest absolute Gasteiger partial charge is 0.493 e. The number of rotatable bonds is 6. The number of fused-ring (bicyclic) bond motifs is 1. The van der Waals surface area contributed by atoms with E-state index in [2.05, 4.69) is 30.2 Å². The quantitative estimate of drug-likeness (QED) is 0.702. The van der Waals surface area contributed by atoms with Gasteiger partial charge in [0.2, 0.25) is 0 Å². The van der Waals surface area contributed by atoms with E-state index in [0.29, 0.717) is 29.4 Å². The van der Waals surface area contributed by atoms with Crippen LogP contribution in [-0.2, 0) is 6.42 Å².